The molecule has 3 fully saturated rings. The molecule has 222 valence electrons. The van der Waals surface area contributed by atoms with E-state index >= 15 is 0 Å². The molecule has 12 nitrogen and oxygen atoms in total. The summed E-state index contributed by atoms with van der Waals surface area (Å²) in [5.74, 6) is 3.19. The second-order valence-electron chi connectivity index (χ2n) is 11.3. The molecule has 0 bridgehead atoms. The van der Waals surface area contributed by atoms with E-state index in [-0.39, 0.29) is 6.10 Å². The number of hydrogen-bond acceptors (Lipinski definition) is 11. The first kappa shape index (κ1) is 27.3. The van der Waals surface area contributed by atoms with Gasteiger partial charge in [0, 0.05) is 50.4 Å². The van der Waals surface area contributed by atoms with Crippen LogP contribution in [0.3, 0.4) is 0 Å². The van der Waals surface area contributed by atoms with Gasteiger partial charge in [0.2, 0.25) is 5.88 Å². The molecular formula is C31H35N9O3. The van der Waals surface area contributed by atoms with Crippen LogP contribution < -0.4 is 19.7 Å². The molecule has 2 aromatic heterocycles. The normalized spacial score (nSPS) is 22.0. The molecule has 0 aliphatic carbocycles. The highest BCUT2D eigenvalue weighted by Crippen LogP contribution is 2.46. The number of nitrogens with zero attached hydrogens (tertiary/aromatic N) is 8. The minimum Gasteiger partial charge on any atom is -0.486 e. The average molecular weight is 582 g/mol. The van der Waals surface area contributed by atoms with Gasteiger partial charge in [-0.3, -0.25) is 4.90 Å². The van der Waals surface area contributed by atoms with Crippen molar-refractivity contribution >= 4 is 40.9 Å². The SMILES string of the molecule is C=N/C(=C\c1ncnn1C)Oc1ccc(Nc2ncnc3ccc(O[C@H]4CCOC4)c(N4C[C@@H]5[C@H]4CCN5C)c23)cc1C. The Labute approximate surface area is 250 Å². The number of aliphatic imine (C=N–C) groups is 1. The monoisotopic (exact) mass is 581 g/mol. The van der Waals surface area contributed by atoms with Crippen molar-refractivity contribution in [3.05, 3.63) is 60.3 Å². The summed E-state index contributed by atoms with van der Waals surface area (Å²) in [5, 5.41) is 8.60. The highest BCUT2D eigenvalue weighted by molar-refractivity contribution is 6.04. The second-order valence-corrected chi connectivity index (χ2v) is 11.3. The molecule has 7 rings (SSSR count). The van der Waals surface area contributed by atoms with Gasteiger partial charge >= 0.3 is 0 Å². The van der Waals surface area contributed by atoms with E-state index in [1.165, 1.54) is 6.33 Å². The van der Waals surface area contributed by atoms with Crippen LogP contribution in [0, 0.1) is 6.92 Å². The number of nitrogens with one attached hydrogen (secondary N) is 1. The number of rotatable bonds is 9. The zero-order valence-corrected chi connectivity index (χ0v) is 24.6. The van der Waals surface area contributed by atoms with E-state index in [2.05, 4.69) is 55.0 Å². The summed E-state index contributed by atoms with van der Waals surface area (Å²) in [6, 6.07) is 10.9. The molecule has 0 saturated carbocycles. The fourth-order valence-electron chi connectivity index (χ4n) is 6.19. The molecule has 5 heterocycles. The fraction of sp³-hybridized carbons (Fsp3) is 0.387. The molecule has 0 spiro atoms. The average Bonchev–Trinajstić information content (AvgIpc) is 3.72. The minimum atomic E-state index is 0.0356. The Morgan fingerprint density at radius 1 is 1.09 bits per heavy atom. The Morgan fingerprint density at radius 3 is 2.72 bits per heavy atom. The third kappa shape index (κ3) is 5.17. The van der Waals surface area contributed by atoms with Crippen LogP contribution in [0.4, 0.5) is 17.2 Å². The standard InChI is InChI=1S/C31H35N9O3/c1-19-13-20(5-7-25(19)43-28(32-2)14-27-34-18-36-39(27)4)37-31-29-22(33-17-35-31)6-8-26(42-21-10-12-41-16-21)30(29)40-15-24-23(40)9-11-38(24)3/h5-8,13-14,17-18,21,23-24H,2,9-12,15-16H2,1,3-4H3,(H,33,35,37)/b28-14+/t21-,23+,24+/m0/s1. The molecule has 12 heteroatoms. The van der Waals surface area contributed by atoms with Crippen LogP contribution >= 0.6 is 0 Å². The molecular weight excluding hydrogens is 546 g/mol. The summed E-state index contributed by atoms with van der Waals surface area (Å²) in [7, 11) is 4.02. The first-order valence-electron chi connectivity index (χ1n) is 14.6. The smallest absolute Gasteiger partial charge is 0.222 e. The minimum absolute atomic E-state index is 0.0356. The maximum absolute atomic E-state index is 6.57. The summed E-state index contributed by atoms with van der Waals surface area (Å²) < 4.78 is 19.9. The third-order valence-electron chi connectivity index (χ3n) is 8.59. The van der Waals surface area contributed by atoms with Gasteiger partial charge in [0.25, 0.3) is 0 Å². The van der Waals surface area contributed by atoms with E-state index in [0.29, 0.717) is 36.1 Å². The van der Waals surface area contributed by atoms with E-state index in [0.717, 1.165) is 71.9 Å². The lowest BCUT2D eigenvalue weighted by molar-refractivity contribution is 0.141. The molecule has 3 aliphatic rings. The van der Waals surface area contributed by atoms with Crippen LogP contribution in [-0.2, 0) is 11.8 Å². The first-order valence-corrected chi connectivity index (χ1v) is 14.6. The maximum atomic E-state index is 6.57. The van der Waals surface area contributed by atoms with E-state index in [4.69, 9.17) is 19.2 Å². The van der Waals surface area contributed by atoms with Crippen molar-refractivity contribution in [3.8, 4) is 11.5 Å². The summed E-state index contributed by atoms with van der Waals surface area (Å²) in [6.45, 7) is 9.00. The summed E-state index contributed by atoms with van der Waals surface area (Å²) in [4.78, 5) is 22.5. The van der Waals surface area contributed by atoms with Gasteiger partial charge in [-0.15, -0.1) is 0 Å². The van der Waals surface area contributed by atoms with Crippen molar-refractivity contribution in [1.29, 1.82) is 0 Å². The van der Waals surface area contributed by atoms with Crippen molar-refractivity contribution in [2.75, 3.05) is 43.6 Å². The summed E-state index contributed by atoms with van der Waals surface area (Å²) in [6.07, 6.45) is 6.81. The van der Waals surface area contributed by atoms with Gasteiger partial charge in [-0.25, -0.2) is 24.6 Å². The zero-order chi connectivity index (χ0) is 29.5. The predicted molar refractivity (Wildman–Crippen MR) is 165 cm³/mol. The van der Waals surface area contributed by atoms with E-state index in [9.17, 15) is 0 Å². The van der Waals surface area contributed by atoms with Crippen molar-refractivity contribution in [2.45, 2.75) is 38.0 Å². The lowest BCUT2D eigenvalue weighted by atomic mass is 9.94. The number of benzene rings is 2. The molecule has 0 unspecified atom stereocenters. The van der Waals surface area contributed by atoms with Crippen molar-refractivity contribution < 1.29 is 14.2 Å². The molecule has 0 radical (unpaired) electrons. The number of anilines is 3. The summed E-state index contributed by atoms with van der Waals surface area (Å²) in [5.41, 5.74) is 3.71. The van der Waals surface area contributed by atoms with Gasteiger partial charge in [0.15, 0.2) is 5.82 Å². The Balaban J connectivity index is 1.21. The third-order valence-corrected chi connectivity index (χ3v) is 8.59. The number of aromatic nitrogens is 5. The molecule has 43 heavy (non-hydrogen) atoms. The Morgan fingerprint density at radius 2 is 1.98 bits per heavy atom. The largest absolute Gasteiger partial charge is 0.486 e. The van der Waals surface area contributed by atoms with Gasteiger partial charge in [0.05, 0.1) is 29.8 Å². The highest BCUT2D eigenvalue weighted by Gasteiger charge is 2.47. The van der Waals surface area contributed by atoms with E-state index in [1.54, 1.807) is 24.1 Å². The van der Waals surface area contributed by atoms with E-state index in [1.807, 2.05) is 31.2 Å². The lowest BCUT2D eigenvalue weighted by Crippen LogP contribution is -2.61. The van der Waals surface area contributed by atoms with Crippen LogP contribution in [0.1, 0.15) is 24.2 Å². The second kappa shape index (κ2) is 11.3. The van der Waals surface area contributed by atoms with E-state index < -0.39 is 0 Å². The molecule has 3 aliphatic heterocycles. The number of hydrogen-bond donors (Lipinski definition) is 1. The number of likely N-dealkylation sites (N-methyl/N-ethyl adjacent to an activating group) is 1. The van der Waals surface area contributed by atoms with Crippen molar-refractivity contribution in [1.82, 2.24) is 29.6 Å². The van der Waals surface area contributed by atoms with Gasteiger partial charge in [0.1, 0.15) is 36.1 Å². The zero-order valence-electron chi connectivity index (χ0n) is 24.6. The predicted octanol–water partition coefficient (Wildman–Crippen LogP) is 3.95. The lowest BCUT2D eigenvalue weighted by Gasteiger charge is -2.48. The van der Waals surface area contributed by atoms with Gasteiger partial charge in [-0.1, -0.05) is 0 Å². The Kier molecular flexibility index (Phi) is 7.15. The first-order chi connectivity index (χ1) is 21.0. The molecule has 4 aromatic rings. The molecule has 1 N–H and O–H groups in total. The molecule has 2 aromatic carbocycles. The summed E-state index contributed by atoms with van der Waals surface area (Å²) >= 11 is 0. The number of fused-ring (bicyclic) bond motifs is 2. The van der Waals surface area contributed by atoms with Gasteiger partial charge in [-0.05, 0) is 63.0 Å². The maximum Gasteiger partial charge on any atom is 0.222 e. The topological polar surface area (TPSA) is 115 Å². The van der Waals surface area contributed by atoms with Crippen LogP contribution in [0.5, 0.6) is 11.5 Å². The molecule has 3 atom stereocenters. The van der Waals surface area contributed by atoms with Crippen LogP contribution in [0.25, 0.3) is 17.0 Å². The Hall–Kier alpha value is -4.55. The van der Waals surface area contributed by atoms with Crippen molar-refractivity contribution in [3.63, 3.8) is 0 Å². The number of likely N-dealkylation sites (tertiary alicyclic amines) is 1. The van der Waals surface area contributed by atoms with Crippen LogP contribution in [-0.4, -0.2) is 87.9 Å². The highest BCUT2D eigenvalue weighted by atomic mass is 16.5. The number of aryl methyl sites for hydroxylation is 2. The Bertz CT molecular complexity index is 1700. The number of ether oxygens (including phenoxy) is 3. The quantitative estimate of drug-likeness (QED) is 0.230. The van der Waals surface area contributed by atoms with Crippen LogP contribution in [0.2, 0.25) is 0 Å². The molecule has 0 amide bonds. The van der Waals surface area contributed by atoms with Crippen molar-refractivity contribution in [2.24, 2.45) is 12.0 Å². The van der Waals surface area contributed by atoms with Gasteiger partial charge in [-0.2, -0.15) is 5.10 Å². The fourth-order valence-corrected chi connectivity index (χ4v) is 6.19. The molecule has 3 saturated heterocycles. The van der Waals surface area contributed by atoms with Crippen LogP contribution in [0.15, 0.2) is 53.9 Å². The van der Waals surface area contributed by atoms with Gasteiger partial charge < -0.3 is 24.4 Å².